The van der Waals surface area contributed by atoms with Gasteiger partial charge in [-0.25, -0.2) is 13.4 Å². The molecule has 0 spiro atoms. The van der Waals surface area contributed by atoms with Crippen LogP contribution in [0.15, 0.2) is 18.5 Å². The molecule has 1 unspecified atom stereocenters. The molecule has 1 saturated carbocycles. The Kier molecular flexibility index (Phi) is 4.62. The van der Waals surface area contributed by atoms with Crippen molar-refractivity contribution in [2.24, 2.45) is 11.8 Å². The van der Waals surface area contributed by atoms with E-state index in [1.807, 2.05) is 19.2 Å². The average Bonchev–Trinajstić information content (AvgIpc) is 3.45. The highest BCUT2D eigenvalue weighted by atomic mass is 32.2. The molecule has 3 aromatic rings. The third-order valence-corrected chi connectivity index (χ3v) is 9.06. The second kappa shape index (κ2) is 7.05. The highest BCUT2D eigenvalue weighted by Crippen LogP contribution is 2.45. The fourth-order valence-corrected chi connectivity index (χ4v) is 7.62. The van der Waals surface area contributed by atoms with Crippen LogP contribution in [-0.2, 0) is 10.0 Å². The molecule has 5 rings (SSSR count). The minimum atomic E-state index is -3.21. The lowest BCUT2D eigenvalue weighted by atomic mass is 9.93. The monoisotopic (exact) mass is 416 g/mol. The predicted octanol–water partition coefficient (Wildman–Crippen LogP) is 2.94. The molecule has 0 bridgehead atoms. The van der Waals surface area contributed by atoms with Gasteiger partial charge in [-0.3, -0.25) is 4.40 Å². The van der Waals surface area contributed by atoms with Gasteiger partial charge in [0.1, 0.15) is 5.82 Å². The fourth-order valence-electron chi connectivity index (χ4n) is 5.50. The lowest BCUT2D eigenvalue weighted by Crippen LogP contribution is -2.37. The number of hydrogen-bond donors (Lipinski definition) is 1. The highest BCUT2D eigenvalue weighted by Gasteiger charge is 2.41. The number of sulfonamides is 1. The summed E-state index contributed by atoms with van der Waals surface area (Å²) in [5.74, 6) is 1.99. The molecule has 4 heterocycles. The van der Waals surface area contributed by atoms with Crippen molar-refractivity contribution < 1.29 is 8.42 Å². The Morgan fingerprint density at radius 2 is 2.14 bits per heavy atom. The van der Waals surface area contributed by atoms with Crippen LogP contribution < -0.4 is 0 Å². The first-order valence-corrected chi connectivity index (χ1v) is 12.3. The van der Waals surface area contributed by atoms with Gasteiger partial charge in [-0.05, 0) is 50.5 Å². The van der Waals surface area contributed by atoms with Crippen molar-refractivity contribution >= 4 is 26.8 Å². The minimum Gasteiger partial charge on any atom is -0.345 e. The molecule has 1 aliphatic carbocycles. The van der Waals surface area contributed by atoms with Crippen molar-refractivity contribution in [3.8, 4) is 0 Å². The third kappa shape index (κ3) is 3.15. The van der Waals surface area contributed by atoms with Crippen molar-refractivity contribution in [1.29, 1.82) is 0 Å². The average molecular weight is 417 g/mol. The molecule has 8 nitrogen and oxygen atoms in total. The Morgan fingerprint density at radius 3 is 2.90 bits per heavy atom. The van der Waals surface area contributed by atoms with E-state index in [0.717, 1.165) is 54.7 Å². The van der Waals surface area contributed by atoms with Gasteiger partial charge in [0.15, 0.2) is 11.3 Å². The molecule has 29 heavy (non-hydrogen) atoms. The van der Waals surface area contributed by atoms with Crippen LogP contribution in [0.2, 0.25) is 0 Å². The first-order chi connectivity index (χ1) is 14.0. The number of H-pyrrole nitrogens is 1. The summed E-state index contributed by atoms with van der Waals surface area (Å²) in [6.07, 6.45) is 8.33. The van der Waals surface area contributed by atoms with Gasteiger partial charge in [-0.1, -0.05) is 13.3 Å². The van der Waals surface area contributed by atoms with Crippen molar-refractivity contribution in [2.45, 2.75) is 57.9 Å². The molecule has 4 atom stereocenters. The molecule has 2 fully saturated rings. The van der Waals surface area contributed by atoms with Crippen LogP contribution in [0.4, 0.5) is 0 Å². The molecular weight excluding hydrogens is 388 g/mol. The quantitative estimate of drug-likeness (QED) is 0.690. The standard InChI is InChI=1S/C20H28N6O2S/c1-3-15-9-14(12-29(27,28)25-8-4-5-13(25)2)10-16(15)20-24-23-18-11-22-19-17(26(18)20)6-7-21-19/h6-7,11,13-16,21H,3-5,8-10,12H2,1-2H3/t13-,14+,15-,16?/m1/s1. The van der Waals surface area contributed by atoms with Gasteiger partial charge in [-0.15, -0.1) is 10.2 Å². The molecule has 156 valence electrons. The van der Waals surface area contributed by atoms with Gasteiger partial charge in [-0.2, -0.15) is 4.31 Å². The third-order valence-electron chi connectivity index (χ3n) is 6.91. The van der Waals surface area contributed by atoms with Crippen LogP contribution in [-0.4, -0.2) is 55.6 Å². The van der Waals surface area contributed by atoms with Crippen LogP contribution in [0.3, 0.4) is 0 Å². The number of hydrogen-bond acceptors (Lipinski definition) is 5. The van der Waals surface area contributed by atoms with Crippen LogP contribution in [0.1, 0.15) is 57.7 Å². The summed E-state index contributed by atoms with van der Waals surface area (Å²) < 4.78 is 29.9. The van der Waals surface area contributed by atoms with E-state index in [2.05, 4.69) is 31.5 Å². The Morgan fingerprint density at radius 1 is 1.28 bits per heavy atom. The Balaban J connectivity index is 1.44. The Hall–Kier alpha value is -2.00. The number of fused-ring (bicyclic) bond motifs is 3. The summed E-state index contributed by atoms with van der Waals surface area (Å²) in [6, 6.07) is 2.13. The van der Waals surface area contributed by atoms with Gasteiger partial charge in [0.05, 0.1) is 17.5 Å². The van der Waals surface area contributed by atoms with Gasteiger partial charge < -0.3 is 4.98 Å². The van der Waals surface area contributed by atoms with Crippen LogP contribution in [0.5, 0.6) is 0 Å². The molecule has 0 amide bonds. The molecule has 1 aliphatic heterocycles. The van der Waals surface area contributed by atoms with E-state index >= 15 is 0 Å². The van der Waals surface area contributed by atoms with Gasteiger partial charge >= 0.3 is 0 Å². The van der Waals surface area contributed by atoms with Crippen LogP contribution in [0, 0.1) is 11.8 Å². The minimum absolute atomic E-state index is 0.133. The maximum absolute atomic E-state index is 13.0. The van der Waals surface area contributed by atoms with E-state index in [4.69, 9.17) is 0 Å². The Bertz CT molecular complexity index is 1140. The largest absolute Gasteiger partial charge is 0.345 e. The summed E-state index contributed by atoms with van der Waals surface area (Å²) in [6.45, 7) is 4.88. The van der Waals surface area contributed by atoms with Gasteiger partial charge in [0, 0.05) is 24.7 Å². The molecule has 0 radical (unpaired) electrons. The maximum atomic E-state index is 13.0. The zero-order valence-corrected chi connectivity index (χ0v) is 17.8. The normalized spacial score (nSPS) is 28.8. The van der Waals surface area contributed by atoms with E-state index in [1.54, 1.807) is 10.5 Å². The van der Waals surface area contributed by atoms with Crippen LogP contribution in [0.25, 0.3) is 16.8 Å². The first-order valence-electron chi connectivity index (χ1n) is 10.6. The summed E-state index contributed by atoms with van der Waals surface area (Å²) >= 11 is 0. The fraction of sp³-hybridized carbons (Fsp3) is 0.650. The second-order valence-corrected chi connectivity index (χ2v) is 10.7. The predicted molar refractivity (Wildman–Crippen MR) is 111 cm³/mol. The number of aromatic nitrogens is 5. The van der Waals surface area contributed by atoms with Gasteiger partial charge in [0.25, 0.3) is 0 Å². The summed E-state index contributed by atoms with van der Waals surface area (Å²) in [5.41, 5.74) is 2.52. The first kappa shape index (κ1) is 19.0. The van der Waals surface area contributed by atoms with Gasteiger partial charge in [0.2, 0.25) is 10.0 Å². The highest BCUT2D eigenvalue weighted by molar-refractivity contribution is 7.89. The molecule has 1 saturated heterocycles. The topological polar surface area (TPSA) is 96.2 Å². The zero-order chi connectivity index (χ0) is 20.2. The van der Waals surface area contributed by atoms with Crippen molar-refractivity contribution in [2.75, 3.05) is 12.3 Å². The molecule has 0 aromatic carbocycles. The lowest BCUT2D eigenvalue weighted by Gasteiger charge is -2.23. The SMILES string of the molecule is CC[C@@H]1C[C@H](CS(=O)(=O)N2CCC[C@H]2C)CC1c1nnc2cnc3[nH]ccc3n12. The number of nitrogens with zero attached hydrogens (tertiary/aromatic N) is 5. The van der Waals surface area contributed by atoms with Crippen molar-refractivity contribution in [3.05, 3.63) is 24.3 Å². The van der Waals surface area contributed by atoms with E-state index in [1.165, 1.54) is 0 Å². The molecule has 3 aromatic heterocycles. The Labute approximate surface area is 170 Å². The van der Waals surface area contributed by atoms with E-state index in [-0.39, 0.29) is 23.6 Å². The zero-order valence-electron chi connectivity index (χ0n) is 17.0. The van der Waals surface area contributed by atoms with E-state index < -0.39 is 10.0 Å². The lowest BCUT2D eigenvalue weighted by molar-refractivity contribution is 0.399. The summed E-state index contributed by atoms with van der Waals surface area (Å²) in [4.78, 5) is 7.55. The van der Waals surface area contributed by atoms with E-state index in [9.17, 15) is 8.42 Å². The number of nitrogens with one attached hydrogen (secondary N) is 1. The molecular formula is C20H28N6O2S. The van der Waals surface area contributed by atoms with E-state index in [0.29, 0.717) is 12.5 Å². The molecule has 2 aliphatic rings. The maximum Gasteiger partial charge on any atom is 0.214 e. The molecule has 9 heteroatoms. The molecule has 1 N–H and O–H groups in total. The summed E-state index contributed by atoms with van der Waals surface area (Å²) in [5, 5.41) is 8.87. The van der Waals surface area contributed by atoms with Crippen molar-refractivity contribution in [1.82, 2.24) is 28.9 Å². The summed E-state index contributed by atoms with van der Waals surface area (Å²) in [7, 11) is -3.21. The van der Waals surface area contributed by atoms with Crippen molar-refractivity contribution in [3.63, 3.8) is 0 Å². The number of rotatable bonds is 5. The smallest absolute Gasteiger partial charge is 0.214 e. The van der Waals surface area contributed by atoms with Crippen LogP contribution >= 0.6 is 0 Å². The number of aromatic amines is 1. The second-order valence-electron chi connectivity index (χ2n) is 8.71.